The lowest BCUT2D eigenvalue weighted by Gasteiger charge is -2.25. The van der Waals surface area contributed by atoms with E-state index in [1.807, 2.05) is 13.0 Å². The van der Waals surface area contributed by atoms with Crippen molar-refractivity contribution in [2.24, 2.45) is 5.92 Å². The zero-order valence-electron chi connectivity index (χ0n) is 18.0. The van der Waals surface area contributed by atoms with Gasteiger partial charge in [0.2, 0.25) is 0 Å². The van der Waals surface area contributed by atoms with Gasteiger partial charge in [-0.05, 0) is 35.4 Å². The summed E-state index contributed by atoms with van der Waals surface area (Å²) in [4.78, 5) is 12.0. The van der Waals surface area contributed by atoms with Gasteiger partial charge in [-0.2, -0.15) is 0 Å². The molecule has 8 nitrogen and oxygen atoms in total. The maximum Gasteiger partial charge on any atom is 0.254 e. The highest BCUT2D eigenvalue weighted by Crippen LogP contribution is 2.54. The highest BCUT2D eigenvalue weighted by atomic mass is 16.6. The molecule has 1 aliphatic heterocycles. The Bertz CT molecular complexity index is 932. The molecule has 0 unspecified atom stereocenters. The Morgan fingerprint density at radius 3 is 1.80 bits per heavy atom. The van der Waals surface area contributed by atoms with Gasteiger partial charge in [-0.15, -0.1) is 0 Å². The summed E-state index contributed by atoms with van der Waals surface area (Å²) in [6.07, 6.45) is -1.28. The van der Waals surface area contributed by atoms with E-state index >= 15 is 0 Å². The first-order valence-electron chi connectivity index (χ1n) is 9.55. The third-order valence-corrected chi connectivity index (χ3v) is 6.03. The van der Waals surface area contributed by atoms with Crippen LogP contribution in [-0.2, 0) is 4.74 Å². The molecule has 4 atom stereocenters. The third-order valence-electron chi connectivity index (χ3n) is 6.03. The molecule has 1 heterocycles. The number of nitrogens with zero attached hydrogens (tertiary/aromatic N) is 1. The van der Waals surface area contributed by atoms with Gasteiger partial charge in [0.25, 0.3) is 5.54 Å². The van der Waals surface area contributed by atoms with Gasteiger partial charge in [0.1, 0.15) is 0 Å². The SMILES string of the molecule is COc1ccc([C@H]2O[C@H](c3ccc(OC)c(OC)c3)[C@@](C)([N+](=O)[O-])[C@@H]2C)cc1OC. The van der Waals surface area contributed by atoms with Crippen molar-refractivity contribution in [3.05, 3.63) is 57.6 Å². The summed E-state index contributed by atoms with van der Waals surface area (Å²) in [6, 6.07) is 10.7. The van der Waals surface area contributed by atoms with E-state index in [9.17, 15) is 10.1 Å². The molecule has 0 aliphatic carbocycles. The van der Waals surface area contributed by atoms with Gasteiger partial charge in [-0.1, -0.05) is 19.1 Å². The van der Waals surface area contributed by atoms with Crippen LogP contribution in [0.4, 0.5) is 0 Å². The lowest BCUT2D eigenvalue weighted by molar-refractivity contribution is -0.579. The van der Waals surface area contributed by atoms with Gasteiger partial charge >= 0.3 is 0 Å². The van der Waals surface area contributed by atoms with Crippen molar-refractivity contribution in [1.82, 2.24) is 0 Å². The number of ether oxygens (including phenoxy) is 5. The largest absolute Gasteiger partial charge is 0.493 e. The molecule has 3 rings (SSSR count). The Balaban J connectivity index is 2.06. The average Bonchev–Trinajstić information content (AvgIpc) is 3.04. The first kappa shape index (κ1) is 21.7. The van der Waals surface area contributed by atoms with Crippen LogP contribution in [0.1, 0.15) is 37.2 Å². The second kappa shape index (κ2) is 8.39. The van der Waals surface area contributed by atoms with Crippen LogP contribution in [0.15, 0.2) is 36.4 Å². The van der Waals surface area contributed by atoms with E-state index in [0.29, 0.717) is 28.6 Å². The van der Waals surface area contributed by atoms with Crippen LogP contribution in [0, 0.1) is 16.0 Å². The molecule has 0 radical (unpaired) electrons. The molecule has 0 aromatic heterocycles. The van der Waals surface area contributed by atoms with Crippen LogP contribution in [0.25, 0.3) is 0 Å². The molecule has 1 aliphatic rings. The van der Waals surface area contributed by atoms with Crippen molar-refractivity contribution < 1.29 is 28.6 Å². The fourth-order valence-electron chi connectivity index (χ4n) is 4.04. The normalized spacial score (nSPS) is 25.6. The Hall–Kier alpha value is -3.00. The number of benzene rings is 2. The summed E-state index contributed by atoms with van der Waals surface area (Å²) in [6.45, 7) is 3.46. The monoisotopic (exact) mass is 417 g/mol. The number of nitro groups is 1. The second-order valence-electron chi connectivity index (χ2n) is 7.44. The predicted molar refractivity (Wildman–Crippen MR) is 110 cm³/mol. The van der Waals surface area contributed by atoms with Gasteiger partial charge in [-0.25, -0.2) is 0 Å². The molecule has 0 N–H and O–H groups in total. The van der Waals surface area contributed by atoms with Crippen molar-refractivity contribution in [3.63, 3.8) is 0 Å². The van der Waals surface area contributed by atoms with Gasteiger partial charge < -0.3 is 23.7 Å². The molecule has 0 spiro atoms. The zero-order valence-corrected chi connectivity index (χ0v) is 18.0. The minimum atomic E-state index is -1.35. The molecule has 0 amide bonds. The minimum Gasteiger partial charge on any atom is -0.493 e. The van der Waals surface area contributed by atoms with Gasteiger partial charge in [-0.3, -0.25) is 10.1 Å². The lowest BCUT2D eigenvalue weighted by atomic mass is 9.78. The summed E-state index contributed by atoms with van der Waals surface area (Å²) in [5, 5.41) is 12.2. The predicted octanol–water partition coefficient (Wildman–Crippen LogP) is 4.21. The summed E-state index contributed by atoms with van der Waals surface area (Å²) >= 11 is 0. The molecule has 0 bridgehead atoms. The Morgan fingerprint density at radius 2 is 1.33 bits per heavy atom. The topological polar surface area (TPSA) is 89.3 Å². The summed E-state index contributed by atoms with van der Waals surface area (Å²) in [7, 11) is 6.18. The minimum absolute atomic E-state index is 0.250. The molecule has 30 heavy (non-hydrogen) atoms. The standard InChI is InChI=1S/C22H27NO7/c1-13-20(14-7-9-16(26-3)18(11-14)28-5)30-21(22(13,2)23(24)25)15-8-10-17(27-4)19(12-15)29-6/h7-13,20-21H,1-6H3/t13-,20+,21-,22+/m1/s1. The van der Waals surface area contributed by atoms with Gasteiger partial charge in [0, 0.05) is 11.8 Å². The van der Waals surface area contributed by atoms with Gasteiger partial charge in [0.15, 0.2) is 29.1 Å². The molecule has 1 saturated heterocycles. The number of hydrogen-bond acceptors (Lipinski definition) is 7. The number of hydrogen-bond donors (Lipinski definition) is 0. The highest BCUT2D eigenvalue weighted by molar-refractivity contribution is 5.46. The van der Waals surface area contributed by atoms with E-state index < -0.39 is 23.7 Å². The van der Waals surface area contributed by atoms with Crippen LogP contribution in [0.2, 0.25) is 0 Å². The lowest BCUT2D eigenvalue weighted by Crippen LogP contribution is -2.43. The number of rotatable bonds is 7. The van der Waals surface area contributed by atoms with Crippen LogP contribution in [0.5, 0.6) is 23.0 Å². The van der Waals surface area contributed by atoms with Crippen LogP contribution < -0.4 is 18.9 Å². The van der Waals surface area contributed by atoms with Crippen molar-refractivity contribution in [3.8, 4) is 23.0 Å². The summed E-state index contributed by atoms with van der Waals surface area (Å²) in [5.74, 6) is 1.75. The fourth-order valence-corrected chi connectivity index (χ4v) is 4.04. The van der Waals surface area contributed by atoms with E-state index in [1.165, 1.54) is 7.11 Å². The quantitative estimate of drug-likeness (QED) is 0.492. The molecule has 0 saturated carbocycles. The molecule has 8 heteroatoms. The fraction of sp³-hybridized carbons (Fsp3) is 0.455. The van der Waals surface area contributed by atoms with Crippen LogP contribution in [-0.4, -0.2) is 38.9 Å². The van der Waals surface area contributed by atoms with E-state index in [0.717, 1.165) is 5.56 Å². The Kier molecular flexibility index (Phi) is 6.07. The van der Waals surface area contributed by atoms with Crippen molar-refractivity contribution in [2.45, 2.75) is 31.6 Å². The van der Waals surface area contributed by atoms with Crippen LogP contribution in [0.3, 0.4) is 0 Å². The second-order valence-corrected chi connectivity index (χ2v) is 7.44. The smallest absolute Gasteiger partial charge is 0.254 e. The Morgan fingerprint density at radius 1 is 0.867 bits per heavy atom. The third kappa shape index (κ3) is 3.41. The first-order chi connectivity index (χ1) is 14.3. The summed E-state index contributed by atoms with van der Waals surface area (Å²) < 4.78 is 27.7. The highest BCUT2D eigenvalue weighted by Gasteiger charge is 2.61. The summed E-state index contributed by atoms with van der Waals surface area (Å²) in [5.41, 5.74) is 0.0927. The van der Waals surface area contributed by atoms with E-state index in [2.05, 4.69) is 0 Å². The molecule has 1 fully saturated rings. The van der Waals surface area contributed by atoms with Gasteiger partial charge in [0.05, 0.1) is 40.5 Å². The first-order valence-corrected chi connectivity index (χ1v) is 9.55. The van der Waals surface area contributed by atoms with Crippen molar-refractivity contribution in [1.29, 1.82) is 0 Å². The van der Waals surface area contributed by atoms with Crippen molar-refractivity contribution in [2.75, 3.05) is 28.4 Å². The van der Waals surface area contributed by atoms with E-state index in [1.54, 1.807) is 58.6 Å². The zero-order chi connectivity index (χ0) is 22.1. The van der Waals surface area contributed by atoms with Crippen molar-refractivity contribution >= 4 is 0 Å². The number of methoxy groups -OCH3 is 4. The maximum atomic E-state index is 12.2. The average molecular weight is 417 g/mol. The Labute approximate surface area is 175 Å². The molecule has 2 aromatic rings. The van der Waals surface area contributed by atoms with E-state index in [4.69, 9.17) is 23.7 Å². The van der Waals surface area contributed by atoms with E-state index in [-0.39, 0.29) is 4.92 Å². The molecule has 162 valence electrons. The van der Waals surface area contributed by atoms with Crippen LogP contribution >= 0.6 is 0 Å². The molecule has 2 aromatic carbocycles. The maximum absolute atomic E-state index is 12.2. The molecular formula is C22H27NO7. The molecular weight excluding hydrogens is 390 g/mol.